The van der Waals surface area contributed by atoms with Gasteiger partial charge in [-0.3, -0.25) is 0 Å². The van der Waals surface area contributed by atoms with E-state index in [4.69, 9.17) is 5.11 Å². The first-order valence-corrected chi connectivity index (χ1v) is 4.62. The van der Waals surface area contributed by atoms with Crippen LogP contribution in [0.25, 0.3) is 0 Å². The first kappa shape index (κ1) is 5.74. The third-order valence-corrected chi connectivity index (χ3v) is 3.29. The quantitative estimate of drug-likeness (QED) is 0.636. The number of rotatable bonds is 0. The van der Waals surface area contributed by atoms with E-state index in [0.717, 1.165) is 4.47 Å². The third-order valence-electron chi connectivity index (χ3n) is 0.992. The van der Waals surface area contributed by atoms with Gasteiger partial charge in [0.05, 0.1) is 0 Å². The molecule has 48 valence electrons. The average molecular weight is 276 g/mol. The standard InChI is InChI=1S/C4H3BrN2O.Ru/c5-3-1-6-4(8)7-2-3;/h1-2H,(H,6,7,8);/q;+2. The predicted molar refractivity (Wildman–Crippen MR) is 27.0 cm³/mol. The molecule has 0 aliphatic carbocycles. The number of halogens is 1. The van der Waals surface area contributed by atoms with Gasteiger partial charge in [-0.25, -0.2) is 0 Å². The van der Waals surface area contributed by atoms with Gasteiger partial charge in [0, 0.05) is 0 Å². The van der Waals surface area contributed by atoms with Gasteiger partial charge in [0.1, 0.15) is 0 Å². The molecule has 0 unspecified atom stereocenters. The molecular formula is C4H3BrN2ORu+2. The SMILES string of the molecule is Oc1[n+]2cc(Br)c[n+]1[Ru]2. The number of nitrogens with zero attached hydrogens (tertiary/aromatic N) is 2. The fourth-order valence-corrected chi connectivity index (χ4v) is 3.14. The van der Waals surface area contributed by atoms with Crippen LogP contribution in [-0.4, -0.2) is 5.11 Å². The van der Waals surface area contributed by atoms with E-state index in [0.29, 0.717) is 6.01 Å². The molecule has 0 radical (unpaired) electrons. The minimum absolute atomic E-state index is 0.0593. The first-order chi connectivity index (χ1) is 4.27. The van der Waals surface area contributed by atoms with Crippen LogP contribution in [0, 0.1) is 0 Å². The van der Waals surface area contributed by atoms with E-state index in [1.165, 1.54) is 0 Å². The van der Waals surface area contributed by atoms with Crippen molar-refractivity contribution in [1.82, 2.24) is 0 Å². The van der Waals surface area contributed by atoms with E-state index >= 15 is 0 Å². The summed E-state index contributed by atoms with van der Waals surface area (Å²) in [4.78, 5) is 0. The number of fused-ring (bicyclic) bond motifs is 2. The number of aromatic hydroxyl groups is 1. The normalized spacial score (nSPS) is 13.9. The van der Waals surface area contributed by atoms with E-state index in [1.807, 2.05) is 19.0 Å². The van der Waals surface area contributed by atoms with Gasteiger partial charge < -0.3 is 0 Å². The molecule has 2 aliphatic rings. The van der Waals surface area contributed by atoms with Gasteiger partial charge in [-0.05, 0) is 0 Å². The molecule has 5 heteroatoms. The zero-order valence-electron chi connectivity index (χ0n) is 4.23. The van der Waals surface area contributed by atoms with Crippen LogP contribution in [0.3, 0.4) is 0 Å². The van der Waals surface area contributed by atoms with E-state index in [2.05, 4.69) is 15.9 Å². The Hall–Kier alpha value is -0.0166. The average Bonchev–Trinajstić information content (AvgIpc) is 1.87. The Morgan fingerprint density at radius 3 is 2.33 bits per heavy atom. The number of hydrogen-bond donors (Lipinski definition) is 1. The molecule has 1 aromatic heterocycles. The molecule has 0 spiro atoms. The summed E-state index contributed by atoms with van der Waals surface area (Å²) in [5.74, 6) is 0. The monoisotopic (exact) mass is 276 g/mol. The summed E-state index contributed by atoms with van der Waals surface area (Å²) in [5, 5.41) is 9.04. The first-order valence-electron chi connectivity index (χ1n) is 2.27. The van der Waals surface area contributed by atoms with Crippen molar-refractivity contribution in [3.8, 4) is 6.01 Å². The molecule has 3 rings (SSSR count). The van der Waals surface area contributed by atoms with Gasteiger partial charge in [0.15, 0.2) is 0 Å². The summed E-state index contributed by atoms with van der Waals surface area (Å²) in [6.07, 6.45) is 3.77. The fourth-order valence-electron chi connectivity index (χ4n) is 0.606. The third kappa shape index (κ3) is 0.716. The van der Waals surface area contributed by atoms with E-state index in [-0.39, 0.29) is 17.6 Å². The molecule has 0 fully saturated rings. The molecular weight excluding hydrogens is 273 g/mol. The molecule has 0 saturated heterocycles. The van der Waals surface area contributed by atoms with Crippen LogP contribution in [0.1, 0.15) is 0 Å². The summed E-state index contributed by atoms with van der Waals surface area (Å²) >= 11 is 3.36. The maximum absolute atomic E-state index is 9.04. The molecule has 0 aromatic carbocycles. The molecule has 0 atom stereocenters. The predicted octanol–water partition coefficient (Wildman–Crippen LogP) is -0.648. The Labute approximate surface area is 68.2 Å². The van der Waals surface area contributed by atoms with Crippen LogP contribution < -0.4 is 6.62 Å². The van der Waals surface area contributed by atoms with Crippen molar-refractivity contribution >= 4 is 15.9 Å². The molecule has 0 amide bonds. The van der Waals surface area contributed by atoms with Gasteiger partial charge in [0.25, 0.3) is 0 Å². The van der Waals surface area contributed by atoms with Crippen molar-refractivity contribution in [2.75, 3.05) is 0 Å². The van der Waals surface area contributed by atoms with Crippen LogP contribution in [0.2, 0.25) is 0 Å². The van der Waals surface area contributed by atoms with Crippen molar-refractivity contribution in [2.45, 2.75) is 0 Å². The second kappa shape index (κ2) is 1.73. The minimum atomic E-state index is 0.0593. The zero-order valence-corrected chi connectivity index (χ0v) is 7.55. The molecule has 1 aromatic rings. The van der Waals surface area contributed by atoms with Gasteiger partial charge >= 0.3 is 68.1 Å². The summed E-state index contributed by atoms with van der Waals surface area (Å²) in [6, 6.07) is 0.358. The van der Waals surface area contributed by atoms with E-state index in [1.54, 1.807) is 0 Å². The van der Waals surface area contributed by atoms with Crippen molar-refractivity contribution in [2.24, 2.45) is 0 Å². The van der Waals surface area contributed by atoms with Gasteiger partial charge in [0.2, 0.25) is 0 Å². The van der Waals surface area contributed by atoms with Crippen LogP contribution in [0.4, 0.5) is 0 Å². The van der Waals surface area contributed by atoms with Crippen molar-refractivity contribution in [1.29, 1.82) is 0 Å². The van der Waals surface area contributed by atoms with E-state index < -0.39 is 0 Å². The molecule has 2 aliphatic heterocycles. The van der Waals surface area contributed by atoms with Gasteiger partial charge in [-0.2, -0.15) is 0 Å². The van der Waals surface area contributed by atoms with Crippen molar-refractivity contribution in [3.05, 3.63) is 16.9 Å². The number of hydrogen-bond acceptors (Lipinski definition) is 1. The maximum atomic E-state index is 9.04. The zero-order chi connectivity index (χ0) is 6.43. The Balaban J connectivity index is 2.69. The Kier molecular flexibility index (Phi) is 1.11. The number of aromatic nitrogens is 2. The van der Waals surface area contributed by atoms with E-state index in [9.17, 15) is 0 Å². The van der Waals surface area contributed by atoms with Crippen LogP contribution in [0.15, 0.2) is 16.9 Å². The summed E-state index contributed by atoms with van der Waals surface area (Å²) in [5.41, 5.74) is 0. The topological polar surface area (TPSA) is 28.0 Å². The summed E-state index contributed by atoms with van der Waals surface area (Å²) in [6.45, 7) is 0. The van der Waals surface area contributed by atoms with Gasteiger partial charge in [-0.15, -0.1) is 0 Å². The molecule has 3 heterocycles. The molecule has 1 N–H and O–H groups in total. The second-order valence-corrected chi connectivity index (χ2v) is 4.55. The Morgan fingerprint density at radius 1 is 1.44 bits per heavy atom. The Morgan fingerprint density at radius 2 is 2.00 bits per heavy atom. The summed E-state index contributed by atoms with van der Waals surface area (Å²) < 4.78 is 4.70. The summed E-state index contributed by atoms with van der Waals surface area (Å²) in [7, 11) is 0. The molecule has 3 nitrogen and oxygen atoms in total. The molecule has 9 heavy (non-hydrogen) atoms. The molecule has 0 saturated carbocycles. The fraction of sp³-hybridized carbons (Fsp3) is 0. The van der Waals surface area contributed by atoms with Crippen LogP contribution >= 0.6 is 15.9 Å². The van der Waals surface area contributed by atoms with Crippen molar-refractivity contribution < 1.29 is 29.3 Å². The van der Waals surface area contributed by atoms with Crippen LogP contribution in [-0.2, 0) is 17.6 Å². The second-order valence-electron chi connectivity index (χ2n) is 1.61. The van der Waals surface area contributed by atoms with Crippen LogP contribution in [0.5, 0.6) is 6.01 Å². The van der Waals surface area contributed by atoms with Crippen molar-refractivity contribution in [3.63, 3.8) is 0 Å². The molecule has 2 bridgehead atoms. The van der Waals surface area contributed by atoms with Gasteiger partial charge in [-0.1, -0.05) is 0 Å². The Bertz CT molecular complexity index is 254.